The number of hydrogen-bond acceptors (Lipinski definition) is 8. The van der Waals surface area contributed by atoms with Crippen molar-refractivity contribution in [2.45, 2.75) is 181 Å². The van der Waals surface area contributed by atoms with Crippen LogP contribution in [0.3, 0.4) is 0 Å². The number of amides is 6. The summed E-state index contributed by atoms with van der Waals surface area (Å²) in [7, 11) is 0. The maximum atomic E-state index is 13.5. The summed E-state index contributed by atoms with van der Waals surface area (Å²) in [5.74, 6) is -5.80. The van der Waals surface area contributed by atoms with Gasteiger partial charge in [-0.05, 0) is 81.6 Å². The summed E-state index contributed by atoms with van der Waals surface area (Å²) < 4.78 is 0. The van der Waals surface area contributed by atoms with Gasteiger partial charge in [0, 0.05) is 19.5 Å². The van der Waals surface area contributed by atoms with Crippen LogP contribution in [0.4, 0.5) is 0 Å². The van der Waals surface area contributed by atoms with Crippen molar-refractivity contribution < 1.29 is 43.5 Å². The Morgan fingerprint density at radius 2 is 1.06 bits per heavy atom. The van der Waals surface area contributed by atoms with Gasteiger partial charge >= 0.3 is 5.97 Å². The number of nitrogens with zero attached hydrogens (tertiary/aromatic N) is 1. The molecular formula is C39H68N6O9. The van der Waals surface area contributed by atoms with Crippen molar-refractivity contribution in [3.8, 4) is 0 Å². The van der Waals surface area contributed by atoms with E-state index in [1.165, 1.54) is 92.4 Å². The molecule has 1 aliphatic heterocycles. The molecule has 0 saturated carbocycles. The molecule has 0 unspecified atom stereocenters. The topological polar surface area (TPSA) is 220 Å². The summed E-state index contributed by atoms with van der Waals surface area (Å²) in [6.45, 7) is 15.5. The van der Waals surface area contributed by atoms with Crippen LogP contribution in [0, 0.1) is 5.92 Å². The van der Waals surface area contributed by atoms with E-state index in [0.717, 1.165) is 25.7 Å². The van der Waals surface area contributed by atoms with Gasteiger partial charge in [-0.3, -0.25) is 38.4 Å². The summed E-state index contributed by atoms with van der Waals surface area (Å²) in [6.07, 6.45) is 11.0. The number of Topliss-reactive ketones (excluding diaryl/α,β-unsaturated/α-hetero) is 1. The van der Waals surface area contributed by atoms with Gasteiger partial charge in [0.05, 0.1) is 12.3 Å². The van der Waals surface area contributed by atoms with Crippen LogP contribution in [-0.2, 0) is 38.4 Å². The number of carboxylic acids is 1. The van der Waals surface area contributed by atoms with Crippen molar-refractivity contribution in [2.75, 3.05) is 13.1 Å². The van der Waals surface area contributed by atoms with Gasteiger partial charge in [-0.25, -0.2) is 0 Å². The fraction of sp³-hybridized carbons (Fsp3) is 0.795. The highest BCUT2D eigenvalue weighted by Crippen LogP contribution is 2.23. The Labute approximate surface area is 321 Å². The van der Waals surface area contributed by atoms with Crippen LogP contribution in [0.5, 0.6) is 0 Å². The minimum Gasteiger partial charge on any atom is -0.481 e. The third kappa shape index (κ3) is 15.4. The number of hydrogen-bond donors (Lipinski definition) is 6. The van der Waals surface area contributed by atoms with Crippen molar-refractivity contribution in [1.82, 2.24) is 31.5 Å². The zero-order valence-corrected chi connectivity index (χ0v) is 34.4. The van der Waals surface area contributed by atoms with Crippen LogP contribution >= 0.6 is 0 Å². The standard InChI is InChI=1S/C39H68N6O9/c1-11-12-13-14-15-16-17-18-19-22-28(46)26(2)31(50)45-25-20-21-27(45)30(49)41-37(5,6)33(52)43-39(9,10)35(54)44-38(7,8)34(53)42-36(3,4)32(51)40-24-23-29(47)48/h26-27H,11-25H2,1-10H3,(H,40,51)(H,41,49)(H,42,53)(H,43,52)(H,44,54)(H,47,48)/t26-,27-/m0/s1. The average molecular weight is 765 g/mol. The minimum atomic E-state index is -1.57. The molecule has 0 aliphatic carbocycles. The molecule has 1 rings (SSSR count). The summed E-state index contributed by atoms with van der Waals surface area (Å²) in [6, 6.07) is -0.855. The minimum absolute atomic E-state index is 0.130. The number of carbonyl (C=O) groups is 8. The van der Waals surface area contributed by atoms with Crippen LogP contribution in [0.15, 0.2) is 0 Å². The molecule has 54 heavy (non-hydrogen) atoms. The van der Waals surface area contributed by atoms with Gasteiger partial charge in [0.15, 0.2) is 0 Å². The summed E-state index contributed by atoms with van der Waals surface area (Å²) >= 11 is 0. The number of nitrogens with one attached hydrogen (secondary N) is 5. The molecule has 15 nitrogen and oxygen atoms in total. The molecule has 1 aliphatic rings. The number of carboxylic acid groups (broad SMARTS) is 1. The molecule has 0 spiro atoms. The first-order chi connectivity index (χ1) is 24.9. The second-order valence-electron chi connectivity index (χ2n) is 16.7. The molecule has 2 atom stereocenters. The highest BCUT2D eigenvalue weighted by molar-refractivity contribution is 6.03. The maximum Gasteiger partial charge on any atom is 0.305 e. The van der Waals surface area contributed by atoms with E-state index in [-0.39, 0.29) is 18.7 Å². The van der Waals surface area contributed by atoms with E-state index in [0.29, 0.717) is 25.8 Å². The van der Waals surface area contributed by atoms with E-state index in [1.807, 2.05) is 0 Å². The van der Waals surface area contributed by atoms with Crippen molar-refractivity contribution >= 4 is 47.2 Å². The van der Waals surface area contributed by atoms with Crippen LogP contribution in [0.1, 0.15) is 153 Å². The highest BCUT2D eigenvalue weighted by atomic mass is 16.4. The Hall–Kier alpha value is -4.04. The highest BCUT2D eigenvalue weighted by Gasteiger charge is 2.44. The van der Waals surface area contributed by atoms with Gasteiger partial charge in [-0.15, -0.1) is 0 Å². The fourth-order valence-corrected chi connectivity index (χ4v) is 5.96. The van der Waals surface area contributed by atoms with E-state index in [2.05, 4.69) is 33.5 Å². The van der Waals surface area contributed by atoms with Crippen LogP contribution in [0.25, 0.3) is 0 Å². The molecule has 6 amide bonds. The van der Waals surface area contributed by atoms with Crippen molar-refractivity contribution in [3.05, 3.63) is 0 Å². The van der Waals surface area contributed by atoms with Gasteiger partial charge in [-0.1, -0.05) is 58.3 Å². The molecule has 1 saturated heterocycles. The van der Waals surface area contributed by atoms with Gasteiger partial charge in [0.2, 0.25) is 35.4 Å². The number of rotatable bonds is 24. The Morgan fingerprint density at radius 1 is 0.630 bits per heavy atom. The summed E-state index contributed by atoms with van der Waals surface area (Å²) in [4.78, 5) is 105. The molecule has 1 heterocycles. The van der Waals surface area contributed by atoms with Crippen LogP contribution in [-0.4, -0.2) is 98.5 Å². The lowest BCUT2D eigenvalue weighted by Gasteiger charge is -2.36. The predicted molar refractivity (Wildman–Crippen MR) is 205 cm³/mol. The smallest absolute Gasteiger partial charge is 0.305 e. The van der Waals surface area contributed by atoms with Crippen molar-refractivity contribution in [1.29, 1.82) is 0 Å². The first-order valence-electron chi connectivity index (χ1n) is 19.5. The SMILES string of the molecule is CCCCCCCCCCCC(=O)[C@H](C)C(=O)N1CCC[C@H]1C(=O)NC(C)(C)C(=O)NC(C)(C)C(=O)NC(C)(C)C(=O)NC(C)(C)C(=O)NCCC(=O)O. The first kappa shape index (κ1) is 48.0. The van der Waals surface area contributed by atoms with Gasteiger partial charge < -0.3 is 36.6 Å². The fourth-order valence-electron chi connectivity index (χ4n) is 5.96. The number of unbranched alkanes of at least 4 members (excludes halogenated alkanes) is 8. The zero-order valence-electron chi connectivity index (χ0n) is 34.4. The van der Waals surface area contributed by atoms with E-state index in [1.54, 1.807) is 6.92 Å². The zero-order chi connectivity index (χ0) is 41.5. The van der Waals surface area contributed by atoms with E-state index < -0.39 is 75.5 Å². The Balaban J connectivity index is 2.76. The molecule has 1 fully saturated rings. The first-order valence-corrected chi connectivity index (χ1v) is 19.5. The normalized spacial score (nSPS) is 15.5. The molecule has 0 radical (unpaired) electrons. The second-order valence-corrected chi connectivity index (χ2v) is 16.7. The molecule has 308 valence electrons. The third-order valence-corrected chi connectivity index (χ3v) is 9.83. The average Bonchev–Trinajstić information content (AvgIpc) is 3.56. The molecule has 0 aromatic rings. The summed E-state index contributed by atoms with van der Waals surface area (Å²) in [5, 5.41) is 21.7. The number of ketones is 1. The van der Waals surface area contributed by atoms with Gasteiger partial charge in [0.1, 0.15) is 34.0 Å². The molecular weight excluding hydrogens is 696 g/mol. The van der Waals surface area contributed by atoms with E-state index in [9.17, 15) is 38.4 Å². The lowest BCUT2D eigenvalue weighted by atomic mass is 9.95. The van der Waals surface area contributed by atoms with Gasteiger partial charge in [0.25, 0.3) is 0 Å². The Kier molecular flexibility index (Phi) is 18.8. The van der Waals surface area contributed by atoms with Crippen molar-refractivity contribution in [2.24, 2.45) is 5.92 Å². The van der Waals surface area contributed by atoms with Crippen LogP contribution < -0.4 is 26.6 Å². The van der Waals surface area contributed by atoms with Crippen molar-refractivity contribution in [3.63, 3.8) is 0 Å². The molecule has 15 heteroatoms. The Bertz CT molecular complexity index is 1360. The monoisotopic (exact) mass is 765 g/mol. The molecule has 0 aromatic carbocycles. The molecule has 0 bridgehead atoms. The molecule has 0 aromatic heterocycles. The number of aliphatic carboxylic acids is 1. The largest absolute Gasteiger partial charge is 0.481 e. The Morgan fingerprint density at radius 3 is 1.52 bits per heavy atom. The lowest BCUT2D eigenvalue weighted by Crippen LogP contribution is -2.68. The summed E-state index contributed by atoms with van der Waals surface area (Å²) in [5.41, 5.74) is -6.08. The molecule has 6 N–H and O–H groups in total. The van der Waals surface area contributed by atoms with E-state index >= 15 is 0 Å². The lowest BCUT2D eigenvalue weighted by molar-refractivity contribution is -0.146. The predicted octanol–water partition coefficient (Wildman–Crippen LogP) is 3.27. The quantitative estimate of drug-likeness (QED) is 0.0627. The third-order valence-electron chi connectivity index (χ3n) is 9.83. The maximum absolute atomic E-state index is 13.5. The second kappa shape index (κ2) is 21.2. The van der Waals surface area contributed by atoms with E-state index in [4.69, 9.17) is 5.11 Å². The number of carbonyl (C=O) groups excluding carboxylic acids is 7. The van der Waals surface area contributed by atoms with Gasteiger partial charge in [-0.2, -0.15) is 0 Å². The van der Waals surface area contributed by atoms with Crippen LogP contribution in [0.2, 0.25) is 0 Å². The number of likely N-dealkylation sites (tertiary alicyclic amines) is 1.